The molecule has 1 aliphatic rings. The Hall–Kier alpha value is -0.430. The van der Waals surface area contributed by atoms with Gasteiger partial charge in [0.2, 0.25) is 10.0 Å². The van der Waals surface area contributed by atoms with Gasteiger partial charge >= 0.3 is 0 Å². The van der Waals surface area contributed by atoms with Gasteiger partial charge in [-0.05, 0) is 59.4 Å². The van der Waals surface area contributed by atoms with Crippen LogP contribution in [0.2, 0.25) is 0 Å². The molecule has 1 aliphatic carbocycles. The highest BCUT2D eigenvalue weighted by Gasteiger charge is 2.31. The average molecular weight is 361 g/mol. The normalized spacial score (nSPS) is 15.8. The van der Waals surface area contributed by atoms with Crippen molar-refractivity contribution >= 4 is 26.0 Å². The van der Waals surface area contributed by atoms with Gasteiger partial charge in [-0.15, -0.1) is 0 Å². The zero-order valence-electron chi connectivity index (χ0n) is 11.9. The van der Waals surface area contributed by atoms with Gasteiger partial charge in [-0.2, -0.15) is 4.31 Å². The molecule has 0 radical (unpaired) electrons. The molecule has 112 valence electrons. The maximum Gasteiger partial charge on any atom is 0.244 e. The van der Waals surface area contributed by atoms with E-state index in [1.165, 1.54) is 0 Å². The van der Waals surface area contributed by atoms with Crippen LogP contribution in [0.1, 0.15) is 25.3 Å². The third-order valence-corrected chi connectivity index (χ3v) is 6.44. The quantitative estimate of drug-likeness (QED) is 0.812. The summed E-state index contributed by atoms with van der Waals surface area (Å²) >= 11 is 3.37. The Bertz CT molecular complexity index is 571. The first kappa shape index (κ1) is 15.9. The SMILES string of the molecule is CCN(CC1CC1)S(=O)(=O)c1cc(CNC)ccc1Br. The van der Waals surface area contributed by atoms with Crippen LogP contribution in [-0.4, -0.2) is 32.9 Å². The monoisotopic (exact) mass is 360 g/mol. The minimum Gasteiger partial charge on any atom is -0.316 e. The van der Waals surface area contributed by atoms with Gasteiger partial charge in [0.15, 0.2) is 0 Å². The summed E-state index contributed by atoms with van der Waals surface area (Å²) < 4.78 is 27.8. The summed E-state index contributed by atoms with van der Waals surface area (Å²) in [7, 11) is -1.57. The summed E-state index contributed by atoms with van der Waals surface area (Å²) in [5, 5.41) is 3.04. The van der Waals surface area contributed by atoms with E-state index < -0.39 is 10.0 Å². The van der Waals surface area contributed by atoms with Crippen molar-refractivity contribution in [2.45, 2.75) is 31.2 Å². The van der Waals surface area contributed by atoms with Gasteiger partial charge in [0, 0.05) is 24.1 Å². The zero-order chi connectivity index (χ0) is 14.8. The van der Waals surface area contributed by atoms with E-state index in [1.807, 2.05) is 26.1 Å². The molecule has 1 fully saturated rings. The van der Waals surface area contributed by atoms with Crippen molar-refractivity contribution in [1.82, 2.24) is 9.62 Å². The first-order valence-corrected chi connectivity index (χ1v) is 9.15. The molecule has 0 amide bonds. The van der Waals surface area contributed by atoms with E-state index in [0.717, 1.165) is 18.4 Å². The molecule has 0 atom stereocenters. The summed E-state index contributed by atoms with van der Waals surface area (Å²) in [6.07, 6.45) is 2.29. The van der Waals surface area contributed by atoms with Crippen LogP contribution in [0.15, 0.2) is 27.6 Å². The predicted octanol–water partition coefficient (Wildman–Crippen LogP) is 2.59. The van der Waals surface area contributed by atoms with Crippen molar-refractivity contribution in [2.24, 2.45) is 5.92 Å². The number of rotatable bonds is 7. The van der Waals surface area contributed by atoms with Gasteiger partial charge in [-0.3, -0.25) is 0 Å². The van der Waals surface area contributed by atoms with E-state index in [0.29, 0.717) is 34.9 Å². The van der Waals surface area contributed by atoms with Crippen LogP contribution in [0.5, 0.6) is 0 Å². The van der Waals surface area contributed by atoms with Crippen molar-refractivity contribution in [3.05, 3.63) is 28.2 Å². The summed E-state index contributed by atoms with van der Waals surface area (Å²) in [6, 6.07) is 5.49. The number of hydrogen-bond acceptors (Lipinski definition) is 3. The van der Waals surface area contributed by atoms with E-state index in [9.17, 15) is 8.42 Å². The zero-order valence-corrected chi connectivity index (χ0v) is 14.3. The second kappa shape index (κ2) is 6.56. The first-order chi connectivity index (χ1) is 9.48. The van der Waals surface area contributed by atoms with Crippen molar-refractivity contribution in [3.63, 3.8) is 0 Å². The Morgan fingerprint density at radius 1 is 1.40 bits per heavy atom. The largest absolute Gasteiger partial charge is 0.316 e. The summed E-state index contributed by atoms with van der Waals surface area (Å²) in [5.74, 6) is 0.545. The molecule has 2 rings (SSSR count). The molecular formula is C14H21BrN2O2S. The first-order valence-electron chi connectivity index (χ1n) is 6.92. The molecule has 6 heteroatoms. The maximum atomic E-state index is 12.8. The lowest BCUT2D eigenvalue weighted by Gasteiger charge is -2.21. The third kappa shape index (κ3) is 3.61. The molecular weight excluding hydrogens is 340 g/mol. The lowest BCUT2D eigenvalue weighted by Crippen LogP contribution is -2.33. The molecule has 4 nitrogen and oxygen atoms in total. The molecule has 0 aliphatic heterocycles. The van der Waals surface area contributed by atoms with E-state index in [4.69, 9.17) is 0 Å². The number of nitrogens with zero attached hydrogens (tertiary/aromatic N) is 1. The van der Waals surface area contributed by atoms with Gasteiger partial charge < -0.3 is 5.32 Å². The Kier molecular flexibility index (Phi) is 5.23. The molecule has 0 aromatic heterocycles. The summed E-state index contributed by atoms with van der Waals surface area (Å²) in [5.41, 5.74) is 0.969. The number of benzene rings is 1. The van der Waals surface area contributed by atoms with Crippen LogP contribution in [-0.2, 0) is 16.6 Å². The van der Waals surface area contributed by atoms with Crippen LogP contribution >= 0.6 is 15.9 Å². The molecule has 1 saturated carbocycles. The van der Waals surface area contributed by atoms with Gasteiger partial charge in [0.1, 0.15) is 0 Å². The van der Waals surface area contributed by atoms with Crippen LogP contribution in [0.25, 0.3) is 0 Å². The van der Waals surface area contributed by atoms with Crippen molar-refractivity contribution in [3.8, 4) is 0 Å². The molecule has 0 bridgehead atoms. The number of sulfonamides is 1. The van der Waals surface area contributed by atoms with Gasteiger partial charge in [0.05, 0.1) is 4.90 Å². The minimum absolute atomic E-state index is 0.368. The van der Waals surface area contributed by atoms with Crippen LogP contribution < -0.4 is 5.32 Å². The Balaban J connectivity index is 2.33. The lowest BCUT2D eigenvalue weighted by molar-refractivity contribution is 0.411. The molecule has 1 aromatic rings. The highest BCUT2D eigenvalue weighted by atomic mass is 79.9. The van der Waals surface area contributed by atoms with E-state index in [-0.39, 0.29) is 0 Å². The predicted molar refractivity (Wildman–Crippen MR) is 84.1 cm³/mol. The fourth-order valence-corrected chi connectivity index (χ4v) is 4.68. The average Bonchev–Trinajstić information content (AvgIpc) is 3.22. The fraction of sp³-hybridized carbons (Fsp3) is 0.571. The van der Waals surface area contributed by atoms with Gasteiger partial charge in [0.25, 0.3) is 0 Å². The third-order valence-electron chi connectivity index (χ3n) is 3.51. The molecule has 20 heavy (non-hydrogen) atoms. The summed E-state index contributed by atoms with van der Waals surface area (Å²) in [4.78, 5) is 0.368. The molecule has 0 spiro atoms. The standard InChI is InChI=1S/C14H21BrN2O2S/c1-3-17(10-11-4-5-11)20(18,19)14-8-12(9-16-2)6-7-13(14)15/h6-8,11,16H,3-5,9-10H2,1-2H3. The number of halogens is 1. The molecule has 1 N–H and O–H groups in total. The Morgan fingerprint density at radius 2 is 2.10 bits per heavy atom. The highest BCUT2D eigenvalue weighted by Crippen LogP contribution is 2.33. The van der Waals surface area contributed by atoms with E-state index in [2.05, 4.69) is 21.2 Å². The van der Waals surface area contributed by atoms with Crippen molar-refractivity contribution in [1.29, 1.82) is 0 Å². The van der Waals surface area contributed by atoms with E-state index >= 15 is 0 Å². The van der Waals surface area contributed by atoms with Gasteiger partial charge in [-0.25, -0.2) is 8.42 Å². The molecule has 0 heterocycles. The van der Waals surface area contributed by atoms with Crippen LogP contribution in [0.4, 0.5) is 0 Å². The topological polar surface area (TPSA) is 49.4 Å². The van der Waals surface area contributed by atoms with Crippen LogP contribution in [0, 0.1) is 5.92 Å². The van der Waals surface area contributed by atoms with E-state index in [1.54, 1.807) is 10.4 Å². The van der Waals surface area contributed by atoms with Crippen molar-refractivity contribution in [2.75, 3.05) is 20.1 Å². The second-order valence-corrected chi connectivity index (χ2v) is 7.95. The minimum atomic E-state index is -3.42. The van der Waals surface area contributed by atoms with Crippen LogP contribution in [0.3, 0.4) is 0 Å². The fourth-order valence-electron chi connectivity index (χ4n) is 2.18. The smallest absolute Gasteiger partial charge is 0.244 e. The number of hydrogen-bond donors (Lipinski definition) is 1. The lowest BCUT2D eigenvalue weighted by atomic mass is 10.2. The van der Waals surface area contributed by atoms with Gasteiger partial charge in [-0.1, -0.05) is 13.0 Å². The highest BCUT2D eigenvalue weighted by molar-refractivity contribution is 9.10. The Morgan fingerprint density at radius 3 is 2.65 bits per heavy atom. The summed E-state index contributed by atoms with van der Waals surface area (Å²) in [6.45, 7) is 3.71. The van der Waals surface area contributed by atoms with Crippen molar-refractivity contribution < 1.29 is 8.42 Å². The Labute approximate surface area is 129 Å². The second-order valence-electron chi connectivity index (χ2n) is 5.19. The molecule has 0 saturated heterocycles. The molecule has 0 unspecified atom stereocenters. The molecule has 1 aromatic carbocycles. The number of nitrogens with one attached hydrogen (secondary N) is 1. The maximum absolute atomic E-state index is 12.8.